The molecule has 0 atom stereocenters. The summed E-state index contributed by atoms with van der Waals surface area (Å²) >= 11 is 6.26. The molecule has 7 heteroatoms. The van der Waals surface area contributed by atoms with Gasteiger partial charge in [0, 0.05) is 29.7 Å². The Kier molecular flexibility index (Phi) is 7.59. The van der Waals surface area contributed by atoms with Crippen LogP contribution in [0.3, 0.4) is 0 Å². The van der Waals surface area contributed by atoms with E-state index in [1.54, 1.807) is 11.1 Å². The summed E-state index contributed by atoms with van der Waals surface area (Å²) in [5, 5.41) is 0.676. The fourth-order valence-corrected chi connectivity index (χ4v) is 3.71. The van der Waals surface area contributed by atoms with Crippen molar-refractivity contribution >= 4 is 17.5 Å². The molecule has 2 heterocycles. The lowest BCUT2D eigenvalue weighted by Gasteiger charge is -2.23. The van der Waals surface area contributed by atoms with E-state index in [1.165, 1.54) is 0 Å². The van der Waals surface area contributed by atoms with Crippen molar-refractivity contribution in [2.24, 2.45) is 0 Å². The molecule has 1 aliphatic heterocycles. The number of carbonyl (C=O) groups is 1. The normalized spacial score (nSPS) is 14.5. The standard InChI is InChI=1S/C25H25ClN2O4/c26-21-8-2-1-6-19(21)11-12-24(29)28-14-15-30-16-17-31-22-9-3-4-10-23(22)32-25-20(18-28)7-5-13-27-25/h1-10,13H,11-12,14-18H2. The molecule has 3 aromatic rings. The predicted molar refractivity (Wildman–Crippen MR) is 122 cm³/mol. The number of hydrogen-bond donors (Lipinski definition) is 0. The largest absolute Gasteiger partial charge is 0.487 e. The fraction of sp³-hybridized carbons (Fsp3) is 0.280. The topological polar surface area (TPSA) is 60.9 Å². The first-order chi connectivity index (χ1) is 15.7. The fourth-order valence-electron chi connectivity index (χ4n) is 3.48. The second kappa shape index (κ2) is 11.0. The number of para-hydroxylation sites is 2. The molecule has 0 saturated carbocycles. The van der Waals surface area contributed by atoms with Gasteiger partial charge in [-0.25, -0.2) is 4.98 Å². The highest BCUT2D eigenvalue weighted by Gasteiger charge is 2.19. The number of amides is 1. The highest BCUT2D eigenvalue weighted by Crippen LogP contribution is 2.32. The van der Waals surface area contributed by atoms with Gasteiger partial charge in [-0.15, -0.1) is 0 Å². The van der Waals surface area contributed by atoms with Crippen molar-refractivity contribution in [1.29, 1.82) is 0 Å². The smallest absolute Gasteiger partial charge is 0.224 e. The summed E-state index contributed by atoms with van der Waals surface area (Å²) in [6.45, 7) is 2.05. The van der Waals surface area contributed by atoms with Crippen LogP contribution in [-0.2, 0) is 22.5 Å². The number of hydrogen-bond acceptors (Lipinski definition) is 5. The summed E-state index contributed by atoms with van der Waals surface area (Å²) in [5.74, 6) is 1.67. The van der Waals surface area contributed by atoms with Crippen LogP contribution in [0.25, 0.3) is 0 Å². The summed E-state index contributed by atoms with van der Waals surface area (Å²) in [5.41, 5.74) is 1.77. The third-order valence-corrected chi connectivity index (χ3v) is 5.55. The first-order valence-corrected chi connectivity index (χ1v) is 11.0. The summed E-state index contributed by atoms with van der Waals surface area (Å²) in [7, 11) is 0. The van der Waals surface area contributed by atoms with E-state index in [9.17, 15) is 4.79 Å². The number of fused-ring (bicyclic) bond motifs is 2. The molecule has 1 aromatic heterocycles. The molecule has 0 radical (unpaired) electrons. The third kappa shape index (κ3) is 5.78. The maximum absolute atomic E-state index is 13.1. The van der Waals surface area contributed by atoms with Gasteiger partial charge in [-0.2, -0.15) is 0 Å². The minimum absolute atomic E-state index is 0.0230. The quantitative estimate of drug-likeness (QED) is 0.565. The SMILES string of the molecule is O=C(CCc1ccccc1Cl)N1CCOCCOc2ccccc2Oc2ncccc2C1. The Bertz CT molecular complexity index is 1060. The Morgan fingerprint density at radius 2 is 1.78 bits per heavy atom. The molecule has 32 heavy (non-hydrogen) atoms. The van der Waals surface area contributed by atoms with Gasteiger partial charge in [-0.1, -0.05) is 48.0 Å². The van der Waals surface area contributed by atoms with Crippen LogP contribution in [-0.4, -0.2) is 42.2 Å². The molecule has 0 spiro atoms. The van der Waals surface area contributed by atoms with E-state index in [0.717, 1.165) is 11.1 Å². The number of carbonyl (C=O) groups excluding carboxylic acids is 1. The zero-order valence-electron chi connectivity index (χ0n) is 17.7. The van der Waals surface area contributed by atoms with Gasteiger partial charge in [0.25, 0.3) is 0 Å². The second-order valence-corrected chi connectivity index (χ2v) is 7.79. The molecule has 1 amide bonds. The van der Waals surface area contributed by atoms with Crippen molar-refractivity contribution in [1.82, 2.24) is 9.88 Å². The molecule has 0 saturated heterocycles. The predicted octanol–water partition coefficient (Wildman–Crippen LogP) is 4.90. The van der Waals surface area contributed by atoms with Crippen LogP contribution >= 0.6 is 11.6 Å². The lowest BCUT2D eigenvalue weighted by atomic mass is 10.1. The van der Waals surface area contributed by atoms with E-state index in [2.05, 4.69) is 4.98 Å². The number of benzene rings is 2. The van der Waals surface area contributed by atoms with E-state index in [-0.39, 0.29) is 5.91 Å². The van der Waals surface area contributed by atoms with Crippen molar-refractivity contribution < 1.29 is 19.0 Å². The molecule has 0 bridgehead atoms. The van der Waals surface area contributed by atoms with Gasteiger partial charge in [-0.05, 0) is 36.2 Å². The van der Waals surface area contributed by atoms with Gasteiger partial charge in [-0.3, -0.25) is 4.79 Å². The first kappa shape index (κ1) is 22.1. The van der Waals surface area contributed by atoms with Crippen molar-refractivity contribution in [3.8, 4) is 17.4 Å². The van der Waals surface area contributed by atoms with Gasteiger partial charge in [0.05, 0.1) is 19.8 Å². The number of halogens is 1. The molecule has 0 fully saturated rings. The number of rotatable bonds is 3. The third-order valence-electron chi connectivity index (χ3n) is 5.18. The van der Waals surface area contributed by atoms with Gasteiger partial charge in [0.2, 0.25) is 11.8 Å². The van der Waals surface area contributed by atoms with Crippen LogP contribution in [0.5, 0.6) is 17.4 Å². The number of ether oxygens (including phenoxy) is 3. The molecule has 0 aliphatic carbocycles. The van der Waals surface area contributed by atoms with E-state index < -0.39 is 0 Å². The monoisotopic (exact) mass is 452 g/mol. The maximum atomic E-state index is 13.1. The van der Waals surface area contributed by atoms with Crippen LogP contribution in [0.1, 0.15) is 17.5 Å². The van der Waals surface area contributed by atoms with E-state index >= 15 is 0 Å². The lowest BCUT2D eigenvalue weighted by Crippen LogP contribution is -2.34. The molecule has 0 unspecified atom stereocenters. The van der Waals surface area contributed by atoms with Gasteiger partial charge >= 0.3 is 0 Å². The van der Waals surface area contributed by atoms with Crippen LogP contribution in [0.2, 0.25) is 5.02 Å². The number of aryl methyl sites for hydroxylation is 1. The summed E-state index contributed by atoms with van der Waals surface area (Å²) in [4.78, 5) is 19.3. The summed E-state index contributed by atoms with van der Waals surface area (Å²) in [6.07, 6.45) is 2.60. The molecule has 6 nitrogen and oxygen atoms in total. The molecule has 166 valence electrons. The average molecular weight is 453 g/mol. The summed E-state index contributed by atoms with van der Waals surface area (Å²) < 4.78 is 17.6. The van der Waals surface area contributed by atoms with Crippen LogP contribution in [0, 0.1) is 0 Å². The molecular weight excluding hydrogens is 428 g/mol. The zero-order chi connectivity index (χ0) is 22.2. The van der Waals surface area contributed by atoms with Gasteiger partial charge in [0.1, 0.15) is 6.61 Å². The summed E-state index contributed by atoms with van der Waals surface area (Å²) in [6, 6.07) is 18.8. The Balaban J connectivity index is 1.54. The number of pyridine rings is 1. The van der Waals surface area contributed by atoms with Crippen LogP contribution in [0.15, 0.2) is 66.9 Å². The van der Waals surface area contributed by atoms with Crippen LogP contribution < -0.4 is 9.47 Å². The van der Waals surface area contributed by atoms with Gasteiger partial charge < -0.3 is 19.1 Å². The van der Waals surface area contributed by atoms with Gasteiger partial charge in [0.15, 0.2) is 11.5 Å². The van der Waals surface area contributed by atoms with Crippen molar-refractivity contribution in [3.63, 3.8) is 0 Å². The average Bonchev–Trinajstić information content (AvgIpc) is 2.83. The lowest BCUT2D eigenvalue weighted by molar-refractivity contribution is -0.132. The maximum Gasteiger partial charge on any atom is 0.224 e. The number of nitrogens with zero attached hydrogens (tertiary/aromatic N) is 2. The minimum Gasteiger partial charge on any atom is -0.487 e. The van der Waals surface area contributed by atoms with E-state index in [4.69, 9.17) is 25.8 Å². The Labute approximate surface area is 192 Å². The van der Waals surface area contributed by atoms with Crippen LogP contribution in [0.4, 0.5) is 0 Å². The Morgan fingerprint density at radius 3 is 2.66 bits per heavy atom. The van der Waals surface area contributed by atoms with Crippen molar-refractivity contribution in [2.75, 3.05) is 26.4 Å². The minimum atomic E-state index is 0.0230. The molecular formula is C25H25ClN2O4. The first-order valence-electron chi connectivity index (χ1n) is 10.6. The van der Waals surface area contributed by atoms with E-state index in [0.29, 0.717) is 68.2 Å². The van der Waals surface area contributed by atoms with Crippen molar-refractivity contribution in [2.45, 2.75) is 19.4 Å². The highest BCUT2D eigenvalue weighted by atomic mass is 35.5. The highest BCUT2D eigenvalue weighted by molar-refractivity contribution is 6.31. The molecule has 0 N–H and O–H groups in total. The zero-order valence-corrected chi connectivity index (χ0v) is 18.5. The molecule has 1 aliphatic rings. The van der Waals surface area contributed by atoms with Crippen molar-refractivity contribution in [3.05, 3.63) is 83.0 Å². The molecule has 2 aromatic carbocycles. The van der Waals surface area contributed by atoms with E-state index in [1.807, 2.05) is 60.7 Å². The second-order valence-electron chi connectivity index (χ2n) is 7.38. The molecule has 4 rings (SSSR count). The Hall–Kier alpha value is -3.09. The number of aromatic nitrogens is 1. The Morgan fingerprint density at radius 1 is 0.969 bits per heavy atom.